The summed E-state index contributed by atoms with van der Waals surface area (Å²) in [5.74, 6) is 0.711. The number of amides is 2. The third-order valence-electron chi connectivity index (χ3n) is 5.58. The second-order valence-electron chi connectivity index (χ2n) is 7.80. The monoisotopic (exact) mass is 409 g/mol. The van der Waals surface area contributed by atoms with Crippen molar-refractivity contribution in [2.45, 2.75) is 25.8 Å². The van der Waals surface area contributed by atoms with E-state index in [1.807, 2.05) is 24.3 Å². The molecule has 7 nitrogen and oxygen atoms in total. The van der Waals surface area contributed by atoms with Crippen LogP contribution in [0.1, 0.15) is 35.2 Å². The molecule has 2 aromatic carbocycles. The number of benzene rings is 2. The summed E-state index contributed by atoms with van der Waals surface area (Å²) in [5, 5.41) is 3.02. The predicted octanol–water partition coefficient (Wildman–Crippen LogP) is 2.80. The van der Waals surface area contributed by atoms with E-state index in [0.717, 1.165) is 37.1 Å². The van der Waals surface area contributed by atoms with Crippen molar-refractivity contribution < 1.29 is 19.1 Å². The van der Waals surface area contributed by atoms with Crippen molar-refractivity contribution >= 4 is 17.5 Å². The molecule has 0 bridgehead atoms. The van der Waals surface area contributed by atoms with Crippen molar-refractivity contribution in [2.75, 3.05) is 31.6 Å². The number of anilines is 1. The molecular formula is C23H27N3O4. The van der Waals surface area contributed by atoms with Crippen LogP contribution in [0.4, 0.5) is 5.69 Å². The molecule has 30 heavy (non-hydrogen) atoms. The Labute approximate surface area is 176 Å². The van der Waals surface area contributed by atoms with E-state index in [4.69, 9.17) is 15.2 Å². The molecule has 2 aliphatic rings. The van der Waals surface area contributed by atoms with Crippen LogP contribution in [0.25, 0.3) is 0 Å². The van der Waals surface area contributed by atoms with Gasteiger partial charge in [-0.3, -0.25) is 14.5 Å². The highest BCUT2D eigenvalue weighted by Crippen LogP contribution is 2.31. The number of hydrogen-bond donors (Lipinski definition) is 2. The fourth-order valence-electron chi connectivity index (χ4n) is 3.95. The van der Waals surface area contributed by atoms with Crippen LogP contribution in [-0.4, -0.2) is 43.0 Å². The summed E-state index contributed by atoms with van der Waals surface area (Å²) < 4.78 is 11.3. The first-order valence-electron chi connectivity index (χ1n) is 10.4. The lowest BCUT2D eigenvalue weighted by Crippen LogP contribution is -2.40. The van der Waals surface area contributed by atoms with E-state index >= 15 is 0 Å². The molecule has 1 saturated heterocycles. The van der Waals surface area contributed by atoms with Crippen LogP contribution in [0.3, 0.4) is 0 Å². The van der Waals surface area contributed by atoms with Crippen molar-refractivity contribution in [3.63, 3.8) is 0 Å². The highest BCUT2D eigenvalue weighted by atomic mass is 16.5. The van der Waals surface area contributed by atoms with Gasteiger partial charge < -0.3 is 20.5 Å². The molecule has 1 atom stereocenters. The van der Waals surface area contributed by atoms with Crippen molar-refractivity contribution in [1.29, 1.82) is 0 Å². The standard InChI is InChI=1S/C23H27N3O4/c24-22(27)18-6-3-10-26(15-18)14-17-5-1-2-7-19(17)25-23(28)16-8-9-20-21(13-16)30-12-4-11-29-20/h1-2,5,7-9,13,18H,3-4,6,10-12,14-15H2,(H2,24,27)(H,25,28). The maximum Gasteiger partial charge on any atom is 0.255 e. The topological polar surface area (TPSA) is 93.9 Å². The number of piperidine rings is 1. The Kier molecular flexibility index (Phi) is 6.18. The Morgan fingerprint density at radius 1 is 1.07 bits per heavy atom. The van der Waals surface area contributed by atoms with Crippen LogP contribution >= 0.6 is 0 Å². The minimum absolute atomic E-state index is 0.109. The maximum atomic E-state index is 12.9. The van der Waals surface area contributed by atoms with E-state index in [-0.39, 0.29) is 17.7 Å². The average molecular weight is 409 g/mol. The van der Waals surface area contributed by atoms with Crippen LogP contribution in [0.2, 0.25) is 0 Å². The zero-order chi connectivity index (χ0) is 20.9. The maximum absolute atomic E-state index is 12.9. The number of nitrogens with two attached hydrogens (primary N) is 1. The van der Waals surface area contributed by atoms with Gasteiger partial charge in [-0.2, -0.15) is 0 Å². The first-order valence-corrected chi connectivity index (χ1v) is 10.4. The van der Waals surface area contributed by atoms with Crippen molar-refractivity contribution in [3.05, 3.63) is 53.6 Å². The Bertz CT molecular complexity index is 930. The first-order chi connectivity index (χ1) is 14.6. The van der Waals surface area contributed by atoms with Crippen molar-refractivity contribution in [2.24, 2.45) is 11.7 Å². The van der Waals surface area contributed by atoms with E-state index in [1.54, 1.807) is 18.2 Å². The Morgan fingerprint density at radius 3 is 2.70 bits per heavy atom. The number of nitrogens with zero attached hydrogens (tertiary/aromatic N) is 1. The zero-order valence-electron chi connectivity index (χ0n) is 16.9. The van der Waals surface area contributed by atoms with Crippen LogP contribution in [0.15, 0.2) is 42.5 Å². The number of likely N-dealkylation sites (tertiary alicyclic amines) is 1. The number of primary amides is 1. The molecule has 3 N–H and O–H groups in total. The predicted molar refractivity (Wildman–Crippen MR) is 114 cm³/mol. The highest BCUT2D eigenvalue weighted by Gasteiger charge is 2.24. The van der Waals surface area contributed by atoms with Crippen LogP contribution in [0.5, 0.6) is 11.5 Å². The smallest absolute Gasteiger partial charge is 0.255 e. The molecule has 1 unspecified atom stereocenters. The summed E-state index contributed by atoms with van der Waals surface area (Å²) in [5.41, 5.74) is 7.78. The van der Waals surface area contributed by atoms with Gasteiger partial charge in [0.05, 0.1) is 19.1 Å². The van der Waals surface area contributed by atoms with Crippen molar-refractivity contribution in [3.8, 4) is 11.5 Å². The van der Waals surface area contributed by atoms with Gasteiger partial charge in [-0.05, 0) is 49.2 Å². The van der Waals surface area contributed by atoms with Crippen LogP contribution < -0.4 is 20.5 Å². The Balaban J connectivity index is 1.47. The number of rotatable bonds is 5. The zero-order valence-corrected chi connectivity index (χ0v) is 16.9. The minimum Gasteiger partial charge on any atom is -0.490 e. The lowest BCUT2D eigenvalue weighted by molar-refractivity contribution is -0.123. The highest BCUT2D eigenvalue weighted by molar-refractivity contribution is 6.05. The summed E-state index contributed by atoms with van der Waals surface area (Å²) in [7, 11) is 0. The molecule has 158 valence electrons. The van der Waals surface area contributed by atoms with E-state index in [1.165, 1.54) is 0 Å². The van der Waals surface area contributed by atoms with Crippen LogP contribution in [-0.2, 0) is 11.3 Å². The summed E-state index contributed by atoms with van der Waals surface area (Å²) in [6.07, 6.45) is 2.60. The SMILES string of the molecule is NC(=O)C1CCCN(Cc2ccccc2NC(=O)c2ccc3c(c2)OCCCO3)C1. The molecule has 4 rings (SSSR count). The molecule has 0 aromatic heterocycles. The average Bonchev–Trinajstić information content (AvgIpc) is 3.00. The lowest BCUT2D eigenvalue weighted by atomic mass is 9.97. The molecular weight excluding hydrogens is 382 g/mol. The van der Waals surface area contributed by atoms with E-state index < -0.39 is 0 Å². The van der Waals surface area contributed by atoms with Gasteiger partial charge in [-0.15, -0.1) is 0 Å². The third-order valence-corrected chi connectivity index (χ3v) is 5.58. The summed E-state index contributed by atoms with van der Waals surface area (Å²) in [6, 6.07) is 13.0. The number of fused-ring (bicyclic) bond motifs is 1. The first kappa shape index (κ1) is 20.2. The second-order valence-corrected chi connectivity index (χ2v) is 7.80. The van der Waals surface area contributed by atoms with Gasteiger partial charge in [-0.1, -0.05) is 18.2 Å². The van der Waals surface area contributed by atoms with Gasteiger partial charge in [-0.25, -0.2) is 0 Å². The number of hydrogen-bond acceptors (Lipinski definition) is 5. The largest absolute Gasteiger partial charge is 0.490 e. The molecule has 0 aliphatic carbocycles. The fourth-order valence-corrected chi connectivity index (χ4v) is 3.95. The molecule has 0 radical (unpaired) electrons. The molecule has 2 heterocycles. The van der Waals surface area contributed by atoms with Gasteiger partial charge >= 0.3 is 0 Å². The Hall–Kier alpha value is -3.06. The van der Waals surface area contributed by atoms with Crippen molar-refractivity contribution in [1.82, 2.24) is 4.90 Å². The molecule has 0 spiro atoms. The second kappa shape index (κ2) is 9.17. The van der Waals surface area contributed by atoms with E-state index in [2.05, 4.69) is 10.2 Å². The molecule has 0 saturated carbocycles. The summed E-state index contributed by atoms with van der Waals surface area (Å²) in [4.78, 5) is 26.7. The fraction of sp³-hybridized carbons (Fsp3) is 0.391. The quantitative estimate of drug-likeness (QED) is 0.792. The number of para-hydroxylation sites is 1. The van der Waals surface area contributed by atoms with E-state index in [0.29, 0.717) is 43.4 Å². The van der Waals surface area contributed by atoms with Gasteiger partial charge in [0.25, 0.3) is 5.91 Å². The molecule has 2 aromatic rings. The molecule has 2 aliphatic heterocycles. The van der Waals surface area contributed by atoms with Gasteiger partial charge in [0, 0.05) is 30.8 Å². The lowest BCUT2D eigenvalue weighted by Gasteiger charge is -2.31. The molecule has 2 amide bonds. The van der Waals surface area contributed by atoms with Gasteiger partial charge in [0.15, 0.2) is 11.5 Å². The molecule has 1 fully saturated rings. The number of carbonyl (C=O) groups excluding carboxylic acids is 2. The van der Waals surface area contributed by atoms with E-state index in [9.17, 15) is 9.59 Å². The molecule has 7 heteroatoms. The number of carbonyl (C=O) groups is 2. The van der Waals surface area contributed by atoms with Gasteiger partial charge in [0.1, 0.15) is 0 Å². The minimum atomic E-state index is -0.240. The summed E-state index contributed by atoms with van der Waals surface area (Å²) >= 11 is 0. The third kappa shape index (κ3) is 4.74. The number of nitrogens with one attached hydrogen (secondary N) is 1. The van der Waals surface area contributed by atoms with Gasteiger partial charge in [0.2, 0.25) is 5.91 Å². The number of ether oxygens (including phenoxy) is 2. The van der Waals surface area contributed by atoms with Crippen LogP contribution in [0, 0.1) is 5.92 Å². The Morgan fingerprint density at radius 2 is 1.87 bits per heavy atom. The summed E-state index contributed by atoms with van der Waals surface area (Å²) in [6.45, 7) is 3.40. The normalized spacial score (nSPS) is 19.0.